The molecule has 0 aliphatic carbocycles. The molecule has 2 heterocycles. The summed E-state index contributed by atoms with van der Waals surface area (Å²) in [5, 5.41) is 0. The molecule has 1 aromatic rings. The minimum atomic E-state index is -3.61. The number of sulfonamides is 1. The lowest BCUT2D eigenvalue weighted by molar-refractivity contribution is 0.314. The maximum atomic E-state index is 12.4. The second kappa shape index (κ2) is 6.40. The van der Waals surface area contributed by atoms with Gasteiger partial charge >= 0.3 is 0 Å². The van der Waals surface area contributed by atoms with Crippen LogP contribution in [0, 0.1) is 0 Å². The highest BCUT2D eigenvalue weighted by Crippen LogP contribution is 2.33. The topological polar surface area (TPSA) is 75.8 Å². The van der Waals surface area contributed by atoms with Gasteiger partial charge in [-0.2, -0.15) is 8.42 Å². The summed E-state index contributed by atoms with van der Waals surface area (Å²) in [4.78, 5) is 2.36. The van der Waals surface area contributed by atoms with Crippen LogP contribution in [0.3, 0.4) is 0 Å². The van der Waals surface area contributed by atoms with E-state index < -0.39 is 10.0 Å². The van der Waals surface area contributed by atoms with Crippen LogP contribution in [0.1, 0.15) is 25.3 Å². The highest BCUT2D eigenvalue weighted by atomic mass is 35.5. The number of halogens is 1. The molecule has 0 spiro atoms. The zero-order chi connectivity index (χ0) is 15.0. The summed E-state index contributed by atoms with van der Waals surface area (Å²) in [6, 6.07) is 9.36. The Bertz CT molecular complexity index is 706. The average Bonchev–Trinajstić information content (AvgIpc) is 2.70. The van der Waals surface area contributed by atoms with Crippen LogP contribution < -0.4 is 5.73 Å². The molecular formula is C15H20ClN3O2S. The summed E-state index contributed by atoms with van der Waals surface area (Å²) in [7, 11) is -3.61. The molecule has 7 heteroatoms. The number of likely N-dealkylation sites (tertiary alicyclic amines) is 1. The number of amidine groups is 1. The summed E-state index contributed by atoms with van der Waals surface area (Å²) < 4.78 is 28.8. The zero-order valence-electron chi connectivity index (χ0n) is 12.4. The predicted molar refractivity (Wildman–Crippen MR) is 91.4 cm³/mol. The summed E-state index contributed by atoms with van der Waals surface area (Å²) in [6.45, 7) is 3.35. The molecular weight excluding hydrogens is 322 g/mol. The number of rotatable bonds is 1. The van der Waals surface area contributed by atoms with E-state index in [9.17, 15) is 8.42 Å². The van der Waals surface area contributed by atoms with Crippen LogP contribution in [0.4, 0.5) is 0 Å². The fourth-order valence-corrected chi connectivity index (χ4v) is 4.37. The van der Waals surface area contributed by atoms with E-state index >= 15 is 0 Å². The van der Waals surface area contributed by atoms with Crippen molar-refractivity contribution >= 4 is 33.2 Å². The van der Waals surface area contributed by atoms with Gasteiger partial charge < -0.3 is 10.6 Å². The highest BCUT2D eigenvalue weighted by Gasteiger charge is 2.34. The fraction of sp³-hybridized carbons (Fsp3) is 0.400. The molecule has 1 aromatic carbocycles. The van der Waals surface area contributed by atoms with Crippen LogP contribution in [0.15, 0.2) is 40.3 Å². The zero-order valence-corrected chi connectivity index (χ0v) is 14.0. The van der Waals surface area contributed by atoms with Crippen LogP contribution in [-0.2, 0) is 10.0 Å². The van der Waals surface area contributed by atoms with Crippen molar-refractivity contribution in [3.63, 3.8) is 0 Å². The molecule has 0 bridgehead atoms. The van der Waals surface area contributed by atoms with Gasteiger partial charge in [-0.25, -0.2) is 0 Å². The molecule has 0 saturated carbocycles. The SMILES string of the molecule is CC1=C(c2ccccc2)S(=O)(=O)N=C1N1CCC(N)CC1.Cl. The third-order valence-electron chi connectivity index (χ3n) is 4.02. The molecule has 2 aliphatic heterocycles. The van der Waals surface area contributed by atoms with Crippen LogP contribution >= 0.6 is 12.4 Å². The number of hydrogen-bond acceptors (Lipinski definition) is 4. The lowest BCUT2D eigenvalue weighted by atomic mass is 10.0. The molecule has 1 saturated heterocycles. The predicted octanol–water partition coefficient (Wildman–Crippen LogP) is 2.00. The molecule has 2 N–H and O–H groups in total. The van der Waals surface area contributed by atoms with Crippen molar-refractivity contribution in [3.8, 4) is 0 Å². The maximum absolute atomic E-state index is 12.4. The van der Waals surface area contributed by atoms with E-state index in [4.69, 9.17) is 5.73 Å². The van der Waals surface area contributed by atoms with Crippen molar-refractivity contribution in [3.05, 3.63) is 41.5 Å². The Morgan fingerprint density at radius 3 is 2.36 bits per heavy atom. The molecule has 3 rings (SSSR count). The van der Waals surface area contributed by atoms with Gasteiger partial charge in [-0.15, -0.1) is 16.8 Å². The molecule has 2 aliphatic rings. The van der Waals surface area contributed by atoms with Crippen LogP contribution in [0.5, 0.6) is 0 Å². The molecule has 0 aromatic heterocycles. The number of benzene rings is 1. The number of nitrogens with zero attached hydrogens (tertiary/aromatic N) is 2. The van der Waals surface area contributed by atoms with Crippen molar-refractivity contribution in [2.24, 2.45) is 10.1 Å². The Kier molecular flexibility index (Phi) is 4.94. The summed E-state index contributed by atoms with van der Waals surface area (Å²) in [5.41, 5.74) is 7.33. The van der Waals surface area contributed by atoms with E-state index in [0.717, 1.165) is 31.5 Å². The molecule has 0 radical (unpaired) electrons. The Morgan fingerprint density at radius 1 is 1.18 bits per heavy atom. The number of hydrogen-bond donors (Lipinski definition) is 1. The Hall–Kier alpha value is -1.37. The van der Waals surface area contributed by atoms with Crippen LogP contribution in [-0.4, -0.2) is 38.3 Å². The van der Waals surface area contributed by atoms with E-state index in [1.807, 2.05) is 30.0 Å². The van der Waals surface area contributed by atoms with Crippen LogP contribution in [0.25, 0.3) is 4.91 Å². The molecule has 5 nitrogen and oxygen atoms in total. The monoisotopic (exact) mass is 341 g/mol. The Balaban J connectivity index is 0.00000176. The smallest absolute Gasteiger partial charge is 0.285 e. The summed E-state index contributed by atoms with van der Waals surface area (Å²) >= 11 is 0. The van der Waals surface area contributed by atoms with E-state index in [0.29, 0.717) is 16.3 Å². The van der Waals surface area contributed by atoms with Crippen molar-refractivity contribution < 1.29 is 8.42 Å². The van der Waals surface area contributed by atoms with E-state index in [2.05, 4.69) is 4.40 Å². The first kappa shape index (κ1) is 17.0. The van der Waals surface area contributed by atoms with Crippen molar-refractivity contribution in [2.75, 3.05) is 13.1 Å². The molecule has 1 fully saturated rings. The normalized spacial score (nSPS) is 21.5. The van der Waals surface area contributed by atoms with Crippen molar-refractivity contribution in [1.29, 1.82) is 0 Å². The van der Waals surface area contributed by atoms with Gasteiger partial charge in [0.15, 0.2) is 0 Å². The largest absolute Gasteiger partial charge is 0.356 e. The first-order valence-corrected chi connectivity index (χ1v) is 8.55. The van der Waals surface area contributed by atoms with Crippen molar-refractivity contribution in [1.82, 2.24) is 4.90 Å². The highest BCUT2D eigenvalue weighted by molar-refractivity contribution is 8.00. The molecule has 0 unspecified atom stereocenters. The van der Waals surface area contributed by atoms with Gasteiger partial charge in [-0.1, -0.05) is 30.3 Å². The quantitative estimate of drug-likeness (QED) is 0.847. The number of piperidine rings is 1. The van der Waals surface area contributed by atoms with E-state index in [1.165, 1.54) is 0 Å². The van der Waals surface area contributed by atoms with Gasteiger partial charge in [-0.3, -0.25) is 0 Å². The van der Waals surface area contributed by atoms with Gasteiger partial charge in [0, 0.05) is 24.7 Å². The minimum absolute atomic E-state index is 0. The van der Waals surface area contributed by atoms with E-state index in [1.54, 1.807) is 12.1 Å². The van der Waals surface area contributed by atoms with Gasteiger partial charge in [0.05, 0.1) is 0 Å². The average molecular weight is 342 g/mol. The third kappa shape index (κ3) is 3.04. The van der Waals surface area contributed by atoms with Gasteiger partial charge in [-0.05, 0) is 25.3 Å². The minimum Gasteiger partial charge on any atom is -0.356 e. The Labute approximate surface area is 137 Å². The molecule has 22 heavy (non-hydrogen) atoms. The lowest BCUT2D eigenvalue weighted by Crippen LogP contribution is -2.42. The molecule has 0 atom stereocenters. The van der Waals surface area contributed by atoms with Crippen LogP contribution in [0.2, 0.25) is 0 Å². The standard InChI is InChI=1S/C15H19N3O2S.ClH/c1-11-14(12-5-3-2-4-6-12)21(19,20)17-15(11)18-9-7-13(16)8-10-18;/h2-6,13H,7-10,16H2,1H3;1H. The van der Waals surface area contributed by atoms with E-state index in [-0.39, 0.29) is 18.4 Å². The number of nitrogens with two attached hydrogens (primary N) is 1. The first-order chi connectivity index (χ1) is 9.99. The summed E-state index contributed by atoms with van der Waals surface area (Å²) in [5.74, 6) is 0.584. The van der Waals surface area contributed by atoms with Gasteiger partial charge in [0.25, 0.3) is 10.0 Å². The first-order valence-electron chi connectivity index (χ1n) is 7.11. The van der Waals surface area contributed by atoms with Gasteiger partial charge in [0.1, 0.15) is 10.7 Å². The second-order valence-electron chi connectivity index (χ2n) is 5.53. The molecule has 0 amide bonds. The summed E-state index contributed by atoms with van der Waals surface area (Å²) in [6.07, 6.45) is 1.74. The third-order valence-corrected chi connectivity index (χ3v) is 5.49. The molecule has 120 valence electrons. The lowest BCUT2D eigenvalue weighted by Gasteiger charge is -2.31. The fourth-order valence-electron chi connectivity index (χ4n) is 2.88. The van der Waals surface area contributed by atoms with Crippen molar-refractivity contribution in [2.45, 2.75) is 25.8 Å². The van der Waals surface area contributed by atoms with Gasteiger partial charge in [0.2, 0.25) is 0 Å². The Morgan fingerprint density at radius 2 is 1.77 bits per heavy atom. The maximum Gasteiger partial charge on any atom is 0.285 e. The second-order valence-corrected chi connectivity index (χ2v) is 7.08.